The molecule has 0 spiro atoms. The number of hydrogen-bond donors (Lipinski definition) is 1. The first kappa shape index (κ1) is 16.6. The molecule has 26 heavy (non-hydrogen) atoms. The molecule has 0 unspecified atom stereocenters. The largest absolute Gasteiger partial charge is 0.383 e. The molecule has 1 aliphatic rings. The summed E-state index contributed by atoms with van der Waals surface area (Å²) in [7, 11) is 3.13. The molecule has 2 heterocycles. The molecule has 7 heteroatoms. The van der Waals surface area contributed by atoms with Gasteiger partial charge in [0.05, 0.1) is 6.33 Å². The Morgan fingerprint density at radius 3 is 2.77 bits per heavy atom. The van der Waals surface area contributed by atoms with E-state index >= 15 is 0 Å². The zero-order chi connectivity index (χ0) is 18.3. The minimum atomic E-state index is -0.359. The normalized spacial score (nSPS) is 13.8. The van der Waals surface area contributed by atoms with E-state index in [1.54, 1.807) is 13.4 Å². The first-order chi connectivity index (χ1) is 12.6. The van der Waals surface area contributed by atoms with Gasteiger partial charge in [0.15, 0.2) is 11.2 Å². The van der Waals surface area contributed by atoms with Gasteiger partial charge in [-0.05, 0) is 42.9 Å². The van der Waals surface area contributed by atoms with Crippen LogP contribution in [0.5, 0.6) is 0 Å². The molecule has 4 rings (SSSR count). The number of anilines is 1. The van der Waals surface area contributed by atoms with Gasteiger partial charge in [0.1, 0.15) is 0 Å². The number of fused-ring (bicyclic) bond motifs is 2. The number of nitrogens with one attached hydrogen (secondary N) is 1. The van der Waals surface area contributed by atoms with Gasteiger partial charge >= 0.3 is 5.69 Å². The maximum atomic E-state index is 12.5. The Morgan fingerprint density at radius 1 is 1.12 bits per heavy atom. The summed E-state index contributed by atoms with van der Waals surface area (Å²) in [4.78, 5) is 28.8. The zero-order valence-corrected chi connectivity index (χ0v) is 15.2. The molecule has 1 aromatic carbocycles. The van der Waals surface area contributed by atoms with Crippen LogP contribution in [0.3, 0.4) is 0 Å². The van der Waals surface area contributed by atoms with Gasteiger partial charge in [-0.3, -0.25) is 13.9 Å². The van der Waals surface area contributed by atoms with E-state index in [0.29, 0.717) is 24.3 Å². The Bertz CT molecular complexity index is 1090. The van der Waals surface area contributed by atoms with E-state index in [1.807, 2.05) is 4.57 Å². The predicted octanol–water partition coefficient (Wildman–Crippen LogP) is 1.42. The fourth-order valence-electron chi connectivity index (χ4n) is 3.82. The lowest BCUT2D eigenvalue weighted by Gasteiger charge is -2.20. The number of benzene rings is 1. The van der Waals surface area contributed by atoms with Crippen LogP contribution in [-0.4, -0.2) is 25.2 Å². The molecule has 0 saturated heterocycles. The van der Waals surface area contributed by atoms with Crippen LogP contribution >= 0.6 is 0 Å². The highest BCUT2D eigenvalue weighted by molar-refractivity contribution is 5.70. The molecule has 0 bridgehead atoms. The van der Waals surface area contributed by atoms with Crippen molar-refractivity contribution in [2.75, 3.05) is 11.9 Å². The summed E-state index contributed by atoms with van der Waals surface area (Å²) in [6, 6.07) is 6.44. The second-order valence-corrected chi connectivity index (χ2v) is 6.89. The molecule has 0 fully saturated rings. The highest BCUT2D eigenvalue weighted by Crippen LogP contribution is 2.27. The lowest BCUT2D eigenvalue weighted by Crippen LogP contribution is -2.37. The van der Waals surface area contributed by atoms with Crippen LogP contribution in [0.25, 0.3) is 11.2 Å². The Balaban J connectivity index is 1.58. The molecule has 1 N–H and O–H groups in total. The van der Waals surface area contributed by atoms with Crippen LogP contribution in [0.2, 0.25) is 0 Å². The van der Waals surface area contributed by atoms with Gasteiger partial charge in [-0.2, -0.15) is 0 Å². The fraction of sp³-hybridized carbons (Fsp3) is 0.421. The summed E-state index contributed by atoms with van der Waals surface area (Å²) in [5.74, 6) is 0. The molecule has 2 aromatic heterocycles. The van der Waals surface area contributed by atoms with Crippen molar-refractivity contribution in [2.45, 2.75) is 32.2 Å². The van der Waals surface area contributed by atoms with Crippen molar-refractivity contribution >= 4 is 16.9 Å². The van der Waals surface area contributed by atoms with Crippen molar-refractivity contribution in [3.8, 4) is 0 Å². The number of hydrogen-bond acceptors (Lipinski definition) is 4. The van der Waals surface area contributed by atoms with Gasteiger partial charge in [0.2, 0.25) is 0 Å². The van der Waals surface area contributed by atoms with Crippen LogP contribution in [0.15, 0.2) is 34.1 Å². The Morgan fingerprint density at radius 2 is 1.92 bits per heavy atom. The average molecular weight is 353 g/mol. The lowest BCUT2D eigenvalue weighted by molar-refractivity contribution is 0.683. The van der Waals surface area contributed by atoms with Crippen LogP contribution in [0, 0.1) is 0 Å². The standard InChI is InChI=1S/C19H23N5O2/c1-22-17-16(18(25)23(2)19(22)26)24(12-21-17)11-10-20-15-9-5-7-13-6-3-4-8-14(13)15/h5,7,9,12,20H,3-4,6,8,10-11H2,1-2H3. The van der Waals surface area contributed by atoms with E-state index in [9.17, 15) is 9.59 Å². The average Bonchev–Trinajstić information content (AvgIpc) is 3.09. The van der Waals surface area contributed by atoms with Crippen molar-refractivity contribution in [3.63, 3.8) is 0 Å². The third kappa shape index (κ3) is 2.64. The van der Waals surface area contributed by atoms with Crippen molar-refractivity contribution in [2.24, 2.45) is 14.1 Å². The van der Waals surface area contributed by atoms with Crippen LogP contribution in [0.1, 0.15) is 24.0 Å². The van der Waals surface area contributed by atoms with E-state index in [-0.39, 0.29) is 11.2 Å². The number of rotatable bonds is 4. The number of nitrogens with zero attached hydrogens (tertiary/aromatic N) is 4. The van der Waals surface area contributed by atoms with Gasteiger partial charge in [-0.25, -0.2) is 9.78 Å². The highest BCUT2D eigenvalue weighted by atomic mass is 16.2. The summed E-state index contributed by atoms with van der Waals surface area (Å²) < 4.78 is 4.36. The first-order valence-electron chi connectivity index (χ1n) is 9.03. The fourth-order valence-corrected chi connectivity index (χ4v) is 3.82. The monoisotopic (exact) mass is 353 g/mol. The second-order valence-electron chi connectivity index (χ2n) is 6.89. The van der Waals surface area contributed by atoms with Gasteiger partial charge < -0.3 is 9.88 Å². The SMILES string of the molecule is Cn1c(=O)c2c(ncn2CCNc2cccc3c2CCCC3)n(C)c1=O. The van der Waals surface area contributed by atoms with Gasteiger partial charge in [0, 0.05) is 32.9 Å². The summed E-state index contributed by atoms with van der Waals surface area (Å²) in [5.41, 5.74) is 4.28. The smallest absolute Gasteiger partial charge is 0.332 e. The molecule has 3 aromatic rings. The van der Waals surface area contributed by atoms with E-state index in [1.165, 1.54) is 41.3 Å². The van der Waals surface area contributed by atoms with Crippen molar-refractivity contribution < 1.29 is 0 Å². The molecular formula is C19H23N5O2. The van der Waals surface area contributed by atoms with Gasteiger partial charge in [0.25, 0.3) is 5.56 Å². The zero-order valence-electron chi connectivity index (χ0n) is 15.2. The van der Waals surface area contributed by atoms with Crippen LogP contribution < -0.4 is 16.6 Å². The molecule has 136 valence electrons. The molecule has 1 aliphatic carbocycles. The Labute approximate surface area is 150 Å². The molecule has 0 saturated carbocycles. The molecule has 0 aliphatic heterocycles. The van der Waals surface area contributed by atoms with Crippen molar-refractivity contribution in [1.29, 1.82) is 0 Å². The third-order valence-electron chi connectivity index (χ3n) is 5.28. The number of aromatic nitrogens is 4. The van der Waals surface area contributed by atoms with Crippen molar-refractivity contribution in [3.05, 3.63) is 56.5 Å². The first-order valence-corrected chi connectivity index (χ1v) is 9.03. The van der Waals surface area contributed by atoms with Crippen LogP contribution in [0.4, 0.5) is 5.69 Å². The predicted molar refractivity (Wildman–Crippen MR) is 102 cm³/mol. The van der Waals surface area contributed by atoms with Crippen LogP contribution in [-0.2, 0) is 33.5 Å². The lowest BCUT2D eigenvalue weighted by atomic mass is 9.90. The van der Waals surface area contributed by atoms with Gasteiger partial charge in [-0.1, -0.05) is 12.1 Å². The third-order valence-corrected chi connectivity index (χ3v) is 5.28. The van der Waals surface area contributed by atoms with Crippen molar-refractivity contribution in [1.82, 2.24) is 18.7 Å². The van der Waals surface area contributed by atoms with E-state index < -0.39 is 0 Å². The summed E-state index contributed by atoms with van der Waals surface area (Å²) in [6.07, 6.45) is 6.41. The van der Waals surface area contributed by atoms with E-state index in [2.05, 4.69) is 28.5 Å². The highest BCUT2D eigenvalue weighted by Gasteiger charge is 2.15. The number of imidazole rings is 1. The van der Waals surface area contributed by atoms with Gasteiger partial charge in [-0.15, -0.1) is 0 Å². The minimum absolute atomic E-state index is 0.308. The Hall–Kier alpha value is -2.83. The topological polar surface area (TPSA) is 73.8 Å². The Kier molecular flexibility index (Phi) is 4.14. The molecule has 0 radical (unpaired) electrons. The maximum absolute atomic E-state index is 12.5. The summed E-state index contributed by atoms with van der Waals surface area (Å²) in [6.45, 7) is 1.29. The quantitative estimate of drug-likeness (QED) is 0.770. The molecular weight excluding hydrogens is 330 g/mol. The summed E-state index contributed by atoms with van der Waals surface area (Å²) >= 11 is 0. The number of aryl methyl sites for hydroxylation is 2. The molecule has 0 amide bonds. The minimum Gasteiger partial charge on any atom is -0.383 e. The molecule has 7 nitrogen and oxygen atoms in total. The molecule has 0 atom stereocenters. The second kappa shape index (κ2) is 6.48. The maximum Gasteiger partial charge on any atom is 0.332 e. The summed E-state index contributed by atoms with van der Waals surface area (Å²) in [5, 5.41) is 3.51. The van der Waals surface area contributed by atoms with E-state index in [4.69, 9.17) is 0 Å². The van der Waals surface area contributed by atoms with E-state index in [0.717, 1.165) is 17.4 Å².